The Morgan fingerprint density at radius 3 is 2.75 bits per heavy atom. The number of hydrogen-bond donors (Lipinski definition) is 1. The van der Waals surface area contributed by atoms with E-state index < -0.39 is 0 Å². The minimum Gasteiger partial charge on any atom is -0.399 e. The second-order valence-corrected chi connectivity index (χ2v) is 6.96. The molecular formula is C20H25N4+. The van der Waals surface area contributed by atoms with Crippen molar-refractivity contribution in [3.63, 3.8) is 0 Å². The Bertz CT molecular complexity index is 762. The summed E-state index contributed by atoms with van der Waals surface area (Å²) in [6, 6.07) is 11.0. The third-order valence-electron chi connectivity index (χ3n) is 5.46. The number of nitrogens with zero attached hydrogens (tertiary/aromatic N) is 3. The molecule has 1 unspecified atom stereocenters. The van der Waals surface area contributed by atoms with Crippen molar-refractivity contribution in [3.05, 3.63) is 53.9 Å². The summed E-state index contributed by atoms with van der Waals surface area (Å²) < 4.78 is 0.676. The number of pyridine rings is 1. The number of benzene rings is 1. The number of rotatable bonds is 4. The van der Waals surface area contributed by atoms with Gasteiger partial charge in [0.25, 0.3) is 0 Å². The van der Waals surface area contributed by atoms with Gasteiger partial charge in [0, 0.05) is 42.6 Å². The quantitative estimate of drug-likeness (QED) is 0.676. The van der Waals surface area contributed by atoms with Crippen LogP contribution in [0.3, 0.4) is 0 Å². The third-order valence-corrected chi connectivity index (χ3v) is 5.46. The molecule has 1 atom stereocenters. The highest BCUT2D eigenvalue weighted by atomic mass is 15.7. The van der Waals surface area contributed by atoms with Gasteiger partial charge in [-0.25, -0.2) is 0 Å². The molecule has 2 aromatic rings. The molecule has 1 aromatic heterocycles. The molecule has 2 heterocycles. The first-order chi connectivity index (χ1) is 11.7. The summed E-state index contributed by atoms with van der Waals surface area (Å²) in [5.41, 5.74) is 12.0. The van der Waals surface area contributed by atoms with Crippen molar-refractivity contribution < 1.29 is 0 Å². The number of aromatic nitrogens is 1. The highest BCUT2D eigenvalue weighted by Crippen LogP contribution is 2.45. The lowest BCUT2D eigenvalue weighted by atomic mass is 10.0. The van der Waals surface area contributed by atoms with Crippen LogP contribution in [0.4, 0.5) is 11.4 Å². The topological polar surface area (TPSA) is 51.3 Å². The lowest BCUT2D eigenvalue weighted by Crippen LogP contribution is -2.49. The van der Waals surface area contributed by atoms with E-state index in [0.717, 1.165) is 18.7 Å². The first-order valence-electron chi connectivity index (χ1n) is 8.99. The summed E-state index contributed by atoms with van der Waals surface area (Å²) in [7, 11) is 0. The van der Waals surface area contributed by atoms with E-state index in [9.17, 15) is 0 Å². The second kappa shape index (κ2) is 6.02. The maximum atomic E-state index is 6.16. The van der Waals surface area contributed by atoms with Gasteiger partial charge in [-0.3, -0.25) is 4.98 Å². The van der Waals surface area contributed by atoms with Gasteiger partial charge in [0.05, 0.1) is 5.56 Å². The fraction of sp³-hybridized carbons (Fsp3) is 0.400. The van der Waals surface area contributed by atoms with Gasteiger partial charge in [0.15, 0.2) is 5.69 Å². The summed E-state index contributed by atoms with van der Waals surface area (Å²) >= 11 is 0. The molecule has 0 saturated heterocycles. The lowest BCUT2D eigenvalue weighted by Gasteiger charge is -2.35. The number of fused-ring (bicyclic) bond motifs is 1. The van der Waals surface area contributed by atoms with Crippen molar-refractivity contribution in [3.8, 4) is 0 Å². The Kier molecular flexibility index (Phi) is 3.85. The monoisotopic (exact) mass is 321 g/mol. The molecule has 2 aliphatic rings. The van der Waals surface area contributed by atoms with Crippen LogP contribution >= 0.6 is 0 Å². The van der Waals surface area contributed by atoms with Gasteiger partial charge in [-0.15, -0.1) is 0 Å². The molecule has 124 valence electrons. The van der Waals surface area contributed by atoms with E-state index in [2.05, 4.69) is 30.1 Å². The van der Waals surface area contributed by atoms with Gasteiger partial charge in [-0.1, -0.05) is 18.1 Å². The predicted octanol–water partition coefficient (Wildman–Crippen LogP) is 4.24. The molecular weight excluding hydrogens is 296 g/mol. The molecule has 4 heteroatoms. The Balaban J connectivity index is 1.87. The van der Waals surface area contributed by atoms with Crippen molar-refractivity contribution >= 4 is 17.1 Å². The Hall–Kier alpha value is -2.20. The van der Waals surface area contributed by atoms with Gasteiger partial charge in [0.2, 0.25) is 0 Å². The molecule has 4 rings (SSSR count). The molecule has 0 amide bonds. The van der Waals surface area contributed by atoms with E-state index in [1.165, 1.54) is 48.2 Å². The molecule has 1 fully saturated rings. The van der Waals surface area contributed by atoms with Crippen LogP contribution in [0, 0.1) is 0 Å². The summed E-state index contributed by atoms with van der Waals surface area (Å²) in [5, 5.41) is 5.30. The molecule has 0 bridgehead atoms. The number of nitrogen functional groups attached to an aromatic ring is 1. The van der Waals surface area contributed by atoms with Crippen molar-refractivity contribution in [1.82, 2.24) is 9.58 Å². The number of quaternary nitrogens is 1. The molecule has 1 aliphatic heterocycles. The van der Waals surface area contributed by atoms with Gasteiger partial charge in [0.1, 0.15) is 18.3 Å². The Morgan fingerprint density at radius 2 is 2.04 bits per heavy atom. The van der Waals surface area contributed by atoms with Crippen LogP contribution in [-0.2, 0) is 6.54 Å². The number of nitrogens with two attached hydrogens (primary N) is 1. The summed E-state index contributed by atoms with van der Waals surface area (Å²) in [4.78, 5) is 4.31. The minimum absolute atomic E-state index is 0.537. The fourth-order valence-electron chi connectivity index (χ4n) is 4.33. The standard InChI is InChI=1S/C20H25N4/c1-2-19-18-10-9-16(21)12-20(18)24(23-19,17-7-3-4-8-17)14-15-6-5-11-22-13-15/h5-6,9-13,17H,2-4,7-8,14,21H2,1H3/q+1. The molecule has 0 spiro atoms. The molecule has 2 N–H and O–H groups in total. The van der Waals surface area contributed by atoms with Gasteiger partial charge in [-0.05, 0) is 37.5 Å². The zero-order valence-corrected chi connectivity index (χ0v) is 14.3. The van der Waals surface area contributed by atoms with E-state index in [4.69, 9.17) is 10.8 Å². The zero-order valence-electron chi connectivity index (χ0n) is 14.3. The Labute approximate surface area is 143 Å². The highest BCUT2D eigenvalue weighted by Gasteiger charge is 2.48. The van der Waals surface area contributed by atoms with E-state index in [1.807, 2.05) is 24.5 Å². The minimum atomic E-state index is 0.537. The maximum Gasteiger partial charge on any atom is 0.171 e. The Morgan fingerprint density at radius 1 is 1.21 bits per heavy atom. The lowest BCUT2D eigenvalue weighted by molar-refractivity contribution is 0.205. The van der Waals surface area contributed by atoms with Gasteiger partial charge < -0.3 is 5.73 Å². The van der Waals surface area contributed by atoms with Crippen LogP contribution in [-0.4, -0.2) is 16.7 Å². The normalized spacial score (nSPS) is 23.3. The first kappa shape index (κ1) is 15.3. The fourth-order valence-corrected chi connectivity index (χ4v) is 4.33. The molecule has 4 nitrogen and oxygen atoms in total. The number of anilines is 1. The molecule has 24 heavy (non-hydrogen) atoms. The second-order valence-electron chi connectivity index (χ2n) is 6.96. The predicted molar refractivity (Wildman–Crippen MR) is 99.7 cm³/mol. The van der Waals surface area contributed by atoms with E-state index >= 15 is 0 Å². The van der Waals surface area contributed by atoms with Crippen molar-refractivity contribution in [2.75, 3.05) is 5.73 Å². The first-order valence-corrected chi connectivity index (χ1v) is 8.99. The van der Waals surface area contributed by atoms with E-state index in [-0.39, 0.29) is 0 Å². The van der Waals surface area contributed by atoms with Gasteiger partial charge >= 0.3 is 0 Å². The highest BCUT2D eigenvalue weighted by molar-refractivity contribution is 6.08. The molecule has 1 aromatic carbocycles. The third kappa shape index (κ3) is 2.42. The van der Waals surface area contributed by atoms with Crippen LogP contribution in [0.1, 0.15) is 50.2 Å². The SMILES string of the molecule is CCC1=N[N+](Cc2cccnc2)(C2CCCC2)c2cc(N)ccc21. The van der Waals surface area contributed by atoms with Crippen molar-refractivity contribution in [1.29, 1.82) is 0 Å². The summed E-state index contributed by atoms with van der Waals surface area (Å²) in [5.74, 6) is 0. The molecule has 1 aliphatic carbocycles. The maximum absolute atomic E-state index is 6.16. The molecule has 0 radical (unpaired) electrons. The smallest absolute Gasteiger partial charge is 0.171 e. The van der Waals surface area contributed by atoms with Crippen LogP contribution in [0.5, 0.6) is 0 Å². The van der Waals surface area contributed by atoms with Crippen molar-refractivity contribution in [2.24, 2.45) is 5.10 Å². The zero-order chi connectivity index (χ0) is 16.6. The van der Waals surface area contributed by atoms with E-state index in [0.29, 0.717) is 10.6 Å². The van der Waals surface area contributed by atoms with Gasteiger partial charge in [-0.2, -0.15) is 4.59 Å². The van der Waals surface area contributed by atoms with Crippen LogP contribution in [0.2, 0.25) is 0 Å². The van der Waals surface area contributed by atoms with E-state index in [1.54, 1.807) is 0 Å². The average molecular weight is 321 g/mol. The average Bonchev–Trinajstić information content (AvgIpc) is 3.23. The summed E-state index contributed by atoms with van der Waals surface area (Å²) in [6.07, 6.45) is 9.82. The molecule has 1 saturated carbocycles. The van der Waals surface area contributed by atoms with Crippen LogP contribution < -0.4 is 10.3 Å². The number of hydrogen-bond acceptors (Lipinski definition) is 3. The van der Waals surface area contributed by atoms with Crippen LogP contribution in [0.25, 0.3) is 0 Å². The van der Waals surface area contributed by atoms with Crippen LogP contribution in [0.15, 0.2) is 47.8 Å². The van der Waals surface area contributed by atoms with Crippen molar-refractivity contribution in [2.45, 2.75) is 51.6 Å². The summed E-state index contributed by atoms with van der Waals surface area (Å²) in [6.45, 7) is 3.05. The largest absolute Gasteiger partial charge is 0.399 e.